The standard InChI is InChI=1S/C22H31N7O7/c23-25-24-18-3-1-17(2-4-18)19(30)13-26-5-7-27(14-20(31)32)9-11-29(16-22(35)36)12-10-28(8-6-26)15-21(33)34/h1-4H,5-16H2,(H,31,32)(H,33,34)(H,35,36). The van der Waals surface area contributed by atoms with E-state index in [1.54, 1.807) is 26.8 Å². The van der Waals surface area contributed by atoms with Gasteiger partial charge < -0.3 is 15.3 Å². The van der Waals surface area contributed by atoms with Crippen LogP contribution < -0.4 is 0 Å². The van der Waals surface area contributed by atoms with Crippen LogP contribution in [0.25, 0.3) is 10.4 Å². The Bertz CT molecular complexity index is 934. The van der Waals surface area contributed by atoms with Crippen molar-refractivity contribution in [3.05, 3.63) is 40.3 Å². The van der Waals surface area contributed by atoms with Crippen molar-refractivity contribution in [2.24, 2.45) is 5.11 Å². The number of carboxylic acids is 3. The van der Waals surface area contributed by atoms with Crippen molar-refractivity contribution >= 4 is 29.4 Å². The number of azide groups is 1. The molecule has 1 heterocycles. The molecule has 0 radical (unpaired) electrons. The van der Waals surface area contributed by atoms with E-state index in [1.165, 1.54) is 12.1 Å². The molecule has 0 aliphatic carbocycles. The molecule has 1 aliphatic heterocycles. The minimum Gasteiger partial charge on any atom is -0.480 e. The largest absolute Gasteiger partial charge is 0.480 e. The molecule has 14 heteroatoms. The van der Waals surface area contributed by atoms with Crippen LogP contribution in [-0.4, -0.2) is 137 Å². The van der Waals surface area contributed by atoms with Gasteiger partial charge in [0, 0.05) is 68.5 Å². The van der Waals surface area contributed by atoms with Crippen LogP contribution in [0.5, 0.6) is 0 Å². The van der Waals surface area contributed by atoms with Crippen LogP contribution in [0.1, 0.15) is 10.4 Å². The van der Waals surface area contributed by atoms with Crippen LogP contribution >= 0.6 is 0 Å². The molecule has 0 aromatic heterocycles. The summed E-state index contributed by atoms with van der Waals surface area (Å²) in [5.41, 5.74) is 9.33. The number of carbonyl (C=O) groups is 4. The lowest BCUT2D eigenvalue weighted by molar-refractivity contribution is -0.140. The Morgan fingerprint density at radius 1 is 0.667 bits per heavy atom. The molecule has 0 saturated carbocycles. The fraction of sp³-hybridized carbons (Fsp3) is 0.545. The maximum atomic E-state index is 12.9. The van der Waals surface area contributed by atoms with E-state index in [-0.39, 0.29) is 32.0 Å². The molecule has 2 rings (SSSR count). The predicted octanol–water partition coefficient (Wildman–Crippen LogP) is 0.287. The van der Waals surface area contributed by atoms with E-state index in [2.05, 4.69) is 10.0 Å². The zero-order valence-electron chi connectivity index (χ0n) is 19.9. The van der Waals surface area contributed by atoms with Gasteiger partial charge >= 0.3 is 17.9 Å². The highest BCUT2D eigenvalue weighted by atomic mass is 16.4. The lowest BCUT2D eigenvalue weighted by Gasteiger charge is -2.32. The zero-order chi connectivity index (χ0) is 26.5. The van der Waals surface area contributed by atoms with Gasteiger partial charge in [0.05, 0.1) is 26.2 Å². The van der Waals surface area contributed by atoms with Crippen molar-refractivity contribution in [1.29, 1.82) is 0 Å². The van der Waals surface area contributed by atoms with Gasteiger partial charge in [0.1, 0.15) is 0 Å². The van der Waals surface area contributed by atoms with Gasteiger partial charge in [0.15, 0.2) is 5.78 Å². The molecule has 3 N–H and O–H groups in total. The Hall–Kier alpha value is -3.55. The van der Waals surface area contributed by atoms with E-state index >= 15 is 0 Å². The van der Waals surface area contributed by atoms with Crippen LogP contribution in [0.4, 0.5) is 5.69 Å². The summed E-state index contributed by atoms with van der Waals surface area (Å²) in [5.74, 6) is -3.23. The zero-order valence-corrected chi connectivity index (χ0v) is 19.9. The molecule has 1 fully saturated rings. The number of carboxylic acid groups (broad SMARTS) is 3. The Morgan fingerprint density at radius 2 is 1.00 bits per heavy atom. The summed E-state index contributed by atoms with van der Waals surface area (Å²) in [7, 11) is 0. The molecule has 1 aromatic carbocycles. The van der Waals surface area contributed by atoms with Gasteiger partial charge in [-0.1, -0.05) is 29.4 Å². The van der Waals surface area contributed by atoms with Crippen LogP contribution in [0.15, 0.2) is 29.4 Å². The van der Waals surface area contributed by atoms with Crippen LogP contribution in [0, 0.1) is 0 Å². The van der Waals surface area contributed by atoms with Gasteiger partial charge in [-0.15, -0.1) is 0 Å². The van der Waals surface area contributed by atoms with E-state index in [1.807, 2.05) is 4.90 Å². The van der Waals surface area contributed by atoms with Gasteiger partial charge in [-0.3, -0.25) is 38.8 Å². The van der Waals surface area contributed by atoms with Crippen LogP contribution in [0.3, 0.4) is 0 Å². The number of hydrogen-bond acceptors (Lipinski definition) is 9. The van der Waals surface area contributed by atoms with Crippen molar-refractivity contribution < 1.29 is 34.5 Å². The Balaban J connectivity index is 2.17. The second-order valence-corrected chi connectivity index (χ2v) is 8.45. The summed E-state index contributed by atoms with van der Waals surface area (Å²) in [6.45, 7) is 1.93. The van der Waals surface area contributed by atoms with Gasteiger partial charge in [0.25, 0.3) is 0 Å². The van der Waals surface area contributed by atoms with E-state index in [9.17, 15) is 34.5 Å². The molecule has 1 aromatic rings. The summed E-state index contributed by atoms with van der Waals surface area (Å²) in [6.07, 6.45) is 0. The molecule has 0 spiro atoms. The number of Topliss-reactive ketones (excluding diaryl/α,β-unsaturated/α-hetero) is 1. The monoisotopic (exact) mass is 505 g/mol. The molecular formula is C22H31N7O7. The summed E-state index contributed by atoms with van der Waals surface area (Å²) in [4.78, 5) is 56.5. The normalized spacial score (nSPS) is 17.3. The highest BCUT2D eigenvalue weighted by Crippen LogP contribution is 2.14. The van der Waals surface area contributed by atoms with Gasteiger partial charge in [-0.2, -0.15) is 0 Å². The predicted molar refractivity (Wildman–Crippen MR) is 128 cm³/mol. The molecule has 0 bridgehead atoms. The van der Waals surface area contributed by atoms with Crippen molar-refractivity contribution in [3.63, 3.8) is 0 Å². The van der Waals surface area contributed by atoms with Gasteiger partial charge in [-0.05, 0) is 5.53 Å². The summed E-state index contributed by atoms with van der Waals surface area (Å²) in [6, 6.07) is 6.20. The number of carbonyl (C=O) groups excluding carboxylic acids is 1. The number of nitrogens with zero attached hydrogens (tertiary/aromatic N) is 7. The Morgan fingerprint density at radius 3 is 1.31 bits per heavy atom. The molecule has 0 atom stereocenters. The van der Waals surface area contributed by atoms with Gasteiger partial charge in [-0.25, -0.2) is 0 Å². The van der Waals surface area contributed by atoms with E-state index in [4.69, 9.17) is 5.53 Å². The van der Waals surface area contributed by atoms with Crippen molar-refractivity contribution in [2.75, 3.05) is 78.5 Å². The fourth-order valence-electron chi connectivity index (χ4n) is 3.84. The highest BCUT2D eigenvalue weighted by Gasteiger charge is 2.21. The summed E-state index contributed by atoms with van der Waals surface area (Å²) < 4.78 is 0. The molecule has 0 amide bonds. The quantitative estimate of drug-likeness (QED) is 0.171. The maximum Gasteiger partial charge on any atom is 0.317 e. The second-order valence-electron chi connectivity index (χ2n) is 8.45. The second kappa shape index (κ2) is 14.8. The minimum atomic E-state index is -1.02. The third-order valence-corrected chi connectivity index (χ3v) is 5.72. The first kappa shape index (κ1) is 28.7. The van der Waals surface area contributed by atoms with Crippen molar-refractivity contribution in [2.45, 2.75) is 0 Å². The Kier molecular flexibility index (Phi) is 11.8. The number of aliphatic carboxylic acids is 3. The topological polar surface area (TPSA) is 191 Å². The first-order valence-corrected chi connectivity index (χ1v) is 11.4. The van der Waals surface area contributed by atoms with Crippen molar-refractivity contribution in [3.8, 4) is 0 Å². The molecule has 1 aliphatic rings. The van der Waals surface area contributed by atoms with Crippen molar-refractivity contribution in [1.82, 2.24) is 19.6 Å². The Labute approximate surface area is 207 Å². The van der Waals surface area contributed by atoms with E-state index in [0.717, 1.165) is 0 Å². The van der Waals surface area contributed by atoms with Crippen LogP contribution in [0.2, 0.25) is 0 Å². The third kappa shape index (κ3) is 10.8. The molecule has 196 valence electrons. The first-order chi connectivity index (χ1) is 17.2. The lowest BCUT2D eigenvalue weighted by atomic mass is 10.1. The third-order valence-electron chi connectivity index (χ3n) is 5.72. The molecular weight excluding hydrogens is 474 g/mol. The molecule has 14 nitrogen and oxygen atoms in total. The lowest BCUT2D eigenvalue weighted by Crippen LogP contribution is -2.49. The highest BCUT2D eigenvalue weighted by molar-refractivity contribution is 5.97. The number of ketones is 1. The molecule has 1 saturated heterocycles. The number of benzene rings is 1. The smallest absolute Gasteiger partial charge is 0.317 e. The minimum absolute atomic E-state index is 0.0355. The first-order valence-electron chi connectivity index (χ1n) is 11.4. The summed E-state index contributed by atoms with van der Waals surface area (Å²) in [5, 5.41) is 31.3. The maximum absolute atomic E-state index is 12.9. The fourth-order valence-corrected chi connectivity index (χ4v) is 3.84. The van der Waals surface area contributed by atoms with Gasteiger partial charge in [0.2, 0.25) is 0 Å². The molecule has 36 heavy (non-hydrogen) atoms. The van der Waals surface area contributed by atoms with E-state index in [0.29, 0.717) is 63.6 Å². The average Bonchev–Trinajstić information content (AvgIpc) is 2.80. The molecule has 0 unspecified atom stereocenters. The summed E-state index contributed by atoms with van der Waals surface area (Å²) >= 11 is 0. The average molecular weight is 506 g/mol. The number of rotatable bonds is 10. The number of hydrogen-bond donors (Lipinski definition) is 3. The van der Waals surface area contributed by atoms with Crippen LogP contribution in [-0.2, 0) is 14.4 Å². The van der Waals surface area contributed by atoms with E-state index < -0.39 is 17.9 Å². The SMILES string of the molecule is [N-]=[N+]=Nc1ccc(C(=O)CN2CCN(CC(=O)O)CCN(CC(=O)O)CCN(CC(=O)O)CC2)cc1.